The standard InChI is InChI=1S/C25H42N2O2/c1-3-5-6-7-8-9-10-11-12-13-14-15-16-21-25(28)27-26-22-23-19-17-18-20-24(23)29-4-2/h17-20,22H,3-16,21H2,1-2H3,(H,27,28). The van der Waals surface area contributed by atoms with Gasteiger partial charge in [-0.3, -0.25) is 4.79 Å². The van der Waals surface area contributed by atoms with Crippen LogP contribution in [0.4, 0.5) is 0 Å². The molecule has 0 fully saturated rings. The van der Waals surface area contributed by atoms with Gasteiger partial charge in [0.1, 0.15) is 5.75 Å². The van der Waals surface area contributed by atoms with Gasteiger partial charge in [-0.05, 0) is 25.5 Å². The molecule has 0 aromatic heterocycles. The predicted molar refractivity (Wildman–Crippen MR) is 124 cm³/mol. The van der Waals surface area contributed by atoms with E-state index in [1.165, 1.54) is 70.6 Å². The number of para-hydroxylation sites is 1. The summed E-state index contributed by atoms with van der Waals surface area (Å²) in [6.45, 7) is 4.83. The largest absolute Gasteiger partial charge is 0.493 e. The Labute approximate surface area is 178 Å². The summed E-state index contributed by atoms with van der Waals surface area (Å²) < 4.78 is 5.54. The Hall–Kier alpha value is -1.84. The zero-order valence-electron chi connectivity index (χ0n) is 18.8. The van der Waals surface area contributed by atoms with E-state index in [0.717, 1.165) is 24.2 Å². The second-order valence-electron chi connectivity index (χ2n) is 7.76. The first-order valence-electron chi connectivity index (χ1n) is 11.8. The number of hydrazone groups is 1. The molecule has 0 aliphatic carbocycles. The molecule has 0 heterocycles. The van der Waals surface area contributed by atoms with Gasteiger partial charge in [0.05, 0.1) is 12.8 Å². The van der Waals surface area contributed by atoms with Crippen LogP contribution in [0.3, 0.4) is 0 Å². The van der Waals surface area contributed by atoms with E-state index in [9.17, 15) is 4.79 Å². The average Bonchev–Trinajstić information content (AvgIpc) is 2.73. The first-order chi connectivity index (χ1) is 14.3. The van der Waals surface area contributed by atoms with Crippen LogP contribution >= 0.6 is 0 Å². The van der Waals surface area contributed by atoms with Gasteiger partial charge < -0.3 is 4.74 Å². The molecule has 1 aromatic carbocycles. The maximum Gasteiger partial charge on any atom is 0.240 e. The summed E-state index contributed by atoms with van der Waals surface area (Å²) in [6.07, 6.45) is 19.2. The summed E-state index contributed by atoms with van der Waals surface area (Å²) in [5.41, 5.74) is 3.49. The third kappa shape index (κ3) is 13.9. The number of carbonyl (C=O) groups excluding carboxylic acids is 1. The van der Waals surface area contributed by atoms with Crippen molar-refractivity contribution in [3.05, 3.63) is 29.8 Å². The molecule has 0 aliphatic rings. The fourth-order valence-corrected chi connectivity index (χ4v) is 3.41. The Bertz CT molecular complexity index is 558. The van der Waals surface area contributed by atoms with Crippen LogP contribution in [0.1, 0.15) is 109 Å². The highest BCUT2D eigenvalue weighted by atomic mass is 16.5. The highest BCUT2D eigenvalue weighted by Gasteiger charge is 2.01. The van der Waals surface area contributed by atoms with E-state index in [4.69, 9.17) is 4.74 Å². The second kappa shape index (κ2) is 18.2. The number of rotatable bonds is 18. The number of ether oxygens (including phenoxy) is 1. The number of hydrogen-bond acceptors (Lipinski definition) is 3. The molecule has 1 amide bonds. The SMILES string of the molecule is CCCCCCCCCCCCCCCC(=O)NN=Cc1ccccc1OCC. The van der Waals surface area contributed by atoms with E-state index in [-0.39, 0.29) is 5.91 Å². The topological polar surface area (TPSA) is 50.7 Å². The molecule has 0 aliphatic heterocycles. The van der Waals surface area contributed by atoms with Gasteiger partial charge >= 0.3 is 0 Å². The molecule has 1 N–H and O–H groups in total. The molecular weight excluding hydrogens is 360 g/mol. The van der Waals surface area contributed by atoms with Crippen molar-refractivity contribution in [3.8, 4) is 5.75 Å². The van der Waals surface area contributed by atoms with E-state index >= 15 is 0 Å². The molecule has 0 atom stereocenters. The van der Waals surface area contributed by atoms with Crippen LogP contribution in [0.2, 0.25) is 0 Å². The smallest absolute Gasteiger partial charge is 0.240 e. The highest BCUT2D eigenvalue weighted by molar-refractivity contribution is 5.85. The zero-order chi connectivity index (χ0) is 21.0. The van der Waals surface area contributed by atoms with Crippen LogP contribution in [-0.4, -0.2) is 18.7 Å². The van der Waals surface area contributed by atoms with Gasteiger partial charge in [-0.25, -0.2) is 5.43 Å². The molecule has 0 spiro atoms. The zero-order valence-corrected chi connectivity index (χ0v) is 18.8. The minimum absolute atomic E-state index is 0.0155. The van der Waals surface area contributed by atoms with Crippen LogP contribution in [-0.2, 0) is 4.79 Å². The van der Waals surface area contributed by atoms with E-state index in [2.05, 4.69) is 17.5 Å². The number of benzene rings is 1. The van der Waals surface area contributed by atoms with Crippen LogP contribution in [0.25, 0.3) is 0 Å². The van der Waals surface area contributed by atoms with E-state index in [0.29, 0.717) is 13.0 Å². The summed E-state index contributed by atoms with van der Waals surface area (Å²) in [6, 6.07) is 7.68. The van der Waals surface area contributed by atoms with E-state index in [1.54, 1.807) is 6.21 Å². The summed E-state index contributed by atoms with van der Waals surface area (Å²) in [7, 11) is 0. The fraction of sp³-hybridized carbons (Fsp3) is 0.680. The van der Waals surface area contributed by atoms with Crippen LogP contribution in [0, 0.1) is 0 Å². The Morgan fingerprint density at radius 2 is 1.41 bits per heavy atom. The molecule has 4 heteroatoms. The maximum absolute atomic E-state index is 11.9. The molecule has 29 heavy (non-hydrogen) atoms. The molecule has 164 valence electrons. The van der Waals surface area contributed by atoms with Gasteiger partial charge in [0, 0.05) is 12.0 Å². The Morgan fingerprint density at radius 3 is 2.00 bits per heavy atom. The van der Waals surface area contributed by atoms with Crippen molar-refractivity contribution < 1.29 is 9.53 Å². The van der Waals surface area contributed by atoms with Crippen molar-refractivity contribution in [2.24, 2.45) is 5.10 Å². The third-order valence-corrected chi connectivity index (χ3v) is 5.12. The van der Waals surface area contributed by atoms with Gasteiger partial charge in [0.25, 0.3) is 0 Å². The highest BCUT2D eigenvalue weighted by Crippen LogP contribution is 2.15. The molecule has 0 unspecified atom stereocenters. The van der Waals surface area contributed by atoms with Crippen molar-refractivity contribution in [1.29, 1.82) is 0 Å². The fourth-order valence-electron chi connectivity index (χ4n) is 3.41. The van der Waals surface area contributed by atoms with Crippen LogP contribution in [0.15, 0.2) is 29.4 Å². The third-order valence-electron chi connectivity index (χ3n) is 5.12. The summed E-state index contributed by atoms with van der Waals surface area (Å²) in [5.74, 6) is 0.766. The lowest BCUT2D eigenvalue weighted by Crippen LogP contribution is -2.17. The summed E-state index contributed by atoms with van der Waals surface area (Å²) in [5, 5.41) is 4.06. The van der Waals surface area contributed by atoms with E-state index in [1.807, 2.05) is 31.2 Å². The number of carbonyl (C=O) groups is 1. The summed E-state index contributed by atoms with van der Waals surface area (Å²) in [4.78, 5) is 11.9. The van der Waals surface area contributed by atoms with Crippen molar-refractivity contribution >= 4 is 12.1 Å². The maximum atomic E-state index is 11.9. The van der Waals surface area contributed by atoms with Crippen LogP contribution in [0.5, 0.6) is 5.75 Å². The molecule has 0 bridgehead atoms. The molecule has 0 radical (unpaired) electrons. The molecule has 0 saturated heterocycles. The lowest BCUT2D eigenvalue weighted by atomic mass is 10.0. The van der Waals surface area contributed by atoms with Gasteiger partial charge in [0.15, 0.2) is 0 Å². The molecule has 0 saturated carbocycles. The van der Waals surface area contributed by atoms with Crippen molar-refractivity contribution in [2.45, 2.75) is 104 Å². The van der Waals surface area contributed by atoms with Crippen LogP contribution < -0.4 is 10.2 Å². The number of unbranched alkanes of at least 4 members (excludes halogenated alkanes) is 12. The lowest BCUT2D eigenvalue weighted by molar-refractivity contribution is -0.121. The normalized spacial score (nSPS) is 11.1. The van der Waals surface area contributed by atoms with Crippen molar-refractivity contribution in [2.75, 3.05) is 6.61 Å². The quantitative estimate of drug-likeness (QED) is 0.163. The minimum Gasteiger partial charge on any atom is -0.493 e. The first-order valence-corrected chi connectivity index (χ1v) is 11.8. The number of nitrogens with zero attached hydrogens (tertiary/aromatic N) is 1. The summed E-state index contributed by atoms with van der Waals surface area (Å²) >= 11 is 0. The molecule has 1 aromatic rings. The Kier molecular flexibility index (Phi) is 15.8. The lowest BCUT2D eigenvalue weighted by Gasteiger charge is -2.06. The van der Waals surface area contributed by atoms with Gasteiger partial charge in [0.2, 0.25) is 5.91 Å². The van der Waals surface area contributed by atoms with Crippen molar-refractivity contribution in [3.63, 3.8) is 0 Å². The second-order valence-corrected chi connectivity index (χ2v) is 7.76. The minimum atomic E-state index is -0.0155. The van der Waals surface area contributed by atoms with Gasteiger partial charge in [-0.15, -0.1) is 0 Å². The Balaban J connectivity index is 1.97. The average molecular weight is 403 g/mol. The van der Waals surface area contributed by atoms with Crippen molar-refractivity contribution in [1.82, 2.24) is 5.43 Å². The molecule has 4 nitrogen and oxygen atoms in total. The first kappa shape index (κ1) is 25.2. The Morgan fingerprint density at radius 1 is 0.862 bits per heavy atom. The molecular formula is C25H42N2O2. The number of amides is 1. The number of nitrogens with one attached hydrogen (secondary N) is 1. The van der Waals surface area contributed by atoms with E-state index < -0.39 is 0 Å². The van der Waals surface area contributed by atoms with Gasteiger partial charge in [-0.1, -0.05) is 96.1 Å². The van der Waals surface area contributed by atoms with Gasteiger partial charge in [-0.2, -0.15) is 5.10 Å². The number of hydrogen-bond donors (Lipinski definition) is 1. The monoisotopic (exact) mass is 402 g/mol. The predicted octanol–water partition coefficient (Wildman–Crippen LogP) is 7.02. The molecule has 1 rings (SSSR count).